The van der Waals surface area contributed by atoms with Gasteiger partial charge in [0.2, 0.25) is 5.91 Å². The Morgan fingerprint density at radius 2 is 1.96 bits per heavy atom. The monoisotopic (exact) mass is 335 g/mol. The van der Waals surface area contributed by atoms with Crippen LogP contribution in [0.2, 0.25) is 0 Å². The maximum absolute atomic E-state index is 12.4. The Kier molecular flexibility index (Phi) is 3.65. The van der Waals surface area contributed by atoms with Crippen LogP contribution in [-0.2, 0) is 11.2 Å². The minimum Gasteiger partial charge on any atom is -0.309 e. The maximum atomic E-state index is 12.4. The van der Waals surface area contributed by atoms with Gasteiger partial charge < -0.3 is 4.90 Å². The van der Waals surface area contributed by atoms with Gasteiger partial charge in [0.15, 0.2) is 0 Å². The molecule has 24 heavy (non-hydrogen) atoms. The summed E-state index contributed by atoms with van der Waals surface area (Å²) in [4.78, 5) is 23.1. The number of benzene rings is 1. The molecule has 1 aliphatic rings. The smallest absolute Gasteiger partial charge is 0.231 e. The van der Waals surface area contributed by atoms with E-state index in [1.165, 1.54) is 0 Å². The minimum atomic E-state index is 0.165. The highest BCUT2D eigenvalue weighted by atomic mass is 32.1. The van der Waals surface area contributed by atoms with E-state index in [0.29, 0.717) is 6.42 Å². The van der Waals surface area contributed by atoms with Crippen LogP contribution in [0.1, 0.15) is 19.4 Å². The van der Waals surface area contributed by atoms with Gasteiger partial charge in [-0.3, -0.25) is 9.78 Å². The third kappa shape index (κ3) is 2.41. The Morgan fingerprint density at radius 3 is 2.71 bits per heavy atom. The summed E-state index contributed by atoms with van der Waals surface area (Å²) in [5, 5.41) is 3.01. The van der Waals surface area contributed by atoms with Crippen molar-refractivity contribution in [3.8, 4) is 21.8 Å². The fourth-order valence-corrected chi connectivity index (χ4v) is 4.06. The fourth-order valence-electron chi connectivity index (χ4n) is 3.18. The summed E-state index contributed by atoms with van der Waals surface area (Å²) in [6, 6.07) is 10.2. The zero-order chi connectivity index (χ0) is 16.7. The highest BCUT2D eigenvalue weighted by molar-refractivity contribution is 7.13. The third-order valence-electron chi connectivity index (χ3n) is 4.23. The fraction of sp³-hybridized carbons (Fsp3) is 0.211. The quantitative estimate of drug-likeness (QED) is 0.722. The molecule has 0 saturated carbocycles. The van der Waals surface area contributed by atoms with Crippen LogP contribution in [0.4, 0.5) is 5.69 Å². The van der Waals surface area contributed by atoms with Crippen molar-refractivity contribution in [1.29, 1.82) is 0 Å². The molecule has 0 atom stereocenters. The lowest BCUT2D eigenvalue weighted by molar-refractivity contribution is -0.117. The van der Waals surface area contributed by atoms with Crippen LogP contribution in [0, 0.1) is 0 Å². The molecule has 0 spiro atoms. The van der Waals surface area contributed by atoms with E-state index in [1.54, 1.807) is 23.7 Å². The first-order chi connectivity index (χ1) is 11.6. The Bertz CT molecular complexity index is 902. The molecule has 3 heterocycles. The Hall–Kier alpha value is -2.53. The first-order valence-electron chi connectivity index (χ1n) is 7.95. The second-order valence-corrected chi connectivity index (χ2v) is 6.97. The van der Waals surface area contributed by atoms with E-state index < -0.39 is 0 Å². The van der Waals surface area contributed by atoms with Gasteiger partial charge in [-0.1, -0.05) is 12.1 Å². The zero-order valence-electron chi connectivity index (χ0n) is 13.6. The molecule has 0 fully saturated rings. The molecular weight excluding hydrogens is 318 g/mol. The maximum Gasteiger partial charge on any atom is 0.231 e. The lowest BCUT2D eigenvalue weighted by Gasteiger charge is -2.22. The van der Waals surface area contributed by atoms with Gasteiger partial charge in [0, 0.05) is 40.6 Å². The van der Waals surface area contributed by atoms with Gasteiger partial charge >= 0.3 is 0 Å². The predicted octanol–water partition coefficient (Wildman–Crippen LogP) is 4.17. The van der Waals surface area contributed by atoms with Gasteiger partial charge in [-0.05, 0) is 37.6 Å². The van der Waals surface area contributed by atoms with E-state index in [-0.39, 0.29) is 11.9 Å². The summed E-state index contributed by atoms with van der Waals surface area (Å²) in [7, 11) is 0. The van der Waals surface area contributed by atoms with Crippen molar-refractivity contribution in [3.05, 3.63) is 53.7 Å². The average Bonchev–Trinajstić information content (AvgIpc) is 3.19. The van der Waals surface area contributed by atoms with Gasteiger partial charge in [0.1, 0.15) is 5.01 Å². The van der Waals surface area contributed by atoms with E-state index >= 15 is 0 Å². The molecule has 120 valence electrons. The molecule has 2 aromatic heterocycles. The molecular formula is C19H17N3OS. The number of hydrogen-bond acceptors (Lipinski definition) is 4. The summed E-state index contributed by atoms with van der Waals surface area (Å²) >= 11 is 1.61. The van der Waals surface area contributed by atoms with Crippen molar-refractivity contribution in [3.63, 3.8) is 0 Å². The molecule has 0 unspecified atom stereocenters. The van der Waals surface area contributed by atoms with Gasteiger partial charge in [-0.25, -0.2) is 4.98 Å². The highest BCUT2D eigenvalue weighted by Gasteiger charge is 2.31. The number of rotatable bonds is 3. The number of fused-ring (bicyclic) bond motifs is 1. The van der Waals surface area contributed by atoms with Crippen molar-refractivity contribution < 1.29 is 4.79 Å². The average molecular weight is 335 g/mol. The lowest BCUT2D eigenvalue weighted by atomic mass is 10.1. The molecule has 4 nitrogen and oxygen atoms in total. The summed E-state index contributed by atoms with van der Waals surface area (Å²) in [5.74, 6) is 0.165. The first kappa shape index (κ1) is 15.0. The van der Waals surface area contributed by atoms with E-state index in [4.69, 9.17) is 4.98 Å². The molecule has 0 saturated heterocycles. The largest absolute Gasteiger partial charge is 0.309 e. The first-order valence-corrected chi connectivity index (χ1v) is 8.83. The molecule has 0 aliphatic carbocycles. The third-order valence-corrected chi connectivity index (χ3v) is 5.11. The molecule has 1 amide bonds. The van der Waals surface area contributed by atoms with E-state index in [9.17, 15) is 4.79 Å². The van der Waals surface area contributed by atoms with Crippen LogP contribution in [0.15, 0.2) is 48.1 Å². The van der Waals surface area contributed by atoms with E-state index in [2.05, 4.69) is 16.4 Å². The Labute approximate surface area is 144 Å². The van der Waals surface area contributed by atoms with Crippen molar-refractivity contribution in [2.45, 2.75) is 26.3 Å². The van der Waals surface area contributed by atoms with Crippen LogP contribution >= 0.6 is 11.3 Å². The van der Waals surface area contributed by atoms with Crippen molar-refractivity contribution in [1.82, 2.24) is 9.97 Å². The number of anilines is 1. The van der Waals surface area contributed by atoms with Crippen LogP contribution in [0.3, 0.4) is 0 Å². The SMILES string of the molecule is CC(C)N1C(=O)Cc2c(-c3nc(-c4ccncc4)cs3)cccc21. The van der Waals surface area contributed by atoms with Gasteiger partial charge in [-0.15, -0.1) is 11.3 Å². The molecule has 5 heteroatoms. The molecule has 0 radical (unpaired) electrons. The second-order valence-electron chi connectivity index (χ2n) is 6.11. The molecule has 4 rings (SSSR count). The number of pyridine rings is 1. The lowest BCUT2D eigenvalue weighted by Crippen LogP contribution is -2.33. The number of amides is 1. The Morgan fingerprint density at radius 1 is 1.17 bits per heavy atom. The molecule has 1 aromatic carbocycles. The minimum absolute atomic E-state index is 0.165. The number of nitrogens with zero attached hydrogens (tertiary/aromatic N) is 3. The van der Waals surface area contributed by atoms with Crippen LogP contribution in [0.5, 0.6) is 0 Å². The second kappa shape index (κ2) is 5.83. The number of thiazole rings is 1. The molecule has 3 aromatic rings. The van der Waals surface area contributed by atoms with Crippen molar-refractivity contribution in [2.75, 3.05) is 4.90 Å². The predicted molar refractivity (Wildman–Crippen MR) is 97.1 cm³/mol. The molecule has 1 aliphatic heterocycles. The summed E-state index contributed by atoms with van der Waals surface area (Å²) in [6.07, 6.45) is 4.00. The number of carbonyl (C=O) groups excluding carboxylic acids is 1. The van der Waals surface area contributed by atoms with Crippen molar-refractivity contribution >= 4 is 22.9 Å². The van der Waals surface area contributed by atoms with E-state index in [1.807, 2.05) is 43.0 Å². The van der Waals surface area contributed by atoms with E-state index in [0.717, 1.165) is 33.1 Å². The van der Waals surface area contributed by atoms with Gasteiger partial charge in [0.25, 0.3) is 0 Å². The number of carbonyl (C=O) groups is 1. The summed E-state index contributed by atoms with van der Waals surface area (Å²) in [6.45, 7) is 4.09. The van der Waals surface area contributed by atoms with Gasteiger partial charge in [0.05, 0.1) is 12.1 Å². The Balaban J connectivity index is 1.78. The zero-order valence-corrected chi connectivity index (χ0v) is 14.4. The highest BCUT2D eigenvalue weighted by Crippen LogP contribution is 2.39. The standard InChI is InChI=1S/C19H17N3OS/c1-12(2)22-17-5-3-4-14(15(17)10-18(22)23)19-21-16(11-24-19)13-6-8-20-9-7-13/h3-9,11-12H,10H2,1-2H3. The molecule has 0 bridgehead atoms. The number of aromatic nitrogens is 2. The van der Waals surface area contributed by atoms with Gasteiger partial charge in [-0.2, -0.15) is 0 Å². The van der Waals surface area contributed by atoms with Crippen LogP contribution in [-0.4, -0.2) is 21.9 Å². The van der Waals surface area contributed by atoms with Crippen LogP contribution < -0.4 is 4.90 Å². The molecule has 0 N–H and O–H groups in total. The van der Waals surface area contributed by atoms with Crippen LogP contribution in [0.25, 0.3) is 21.8 Å². The summed E-state index contributed by atoms with van der Waals surface area (Å²) < 4.78 is 0. The topological polar surface area (TPSA) is 46.1 Å². The van der Waals surface area contributed by atoms with Crippen molar-refractivity contribution in [2.24, 2.45) is 0 Å². The number of hydrogen-bond donors (Lipinski definition) is 0. The summed E-state index contributed by atoms with van der Waals surface area (Å²) in [5.41, 5.74) is 5.18. The normalized spacial score (nSPS) is 13.6.